The van der Waals surface area contributed by atoms with Crippen molar-refractivity contribution in [2.75, 3.05) is 11.5 Å². The molecule has 1 heterocycles. The lowest BCUT2D eigenvalue weighted by Gasteiger charge is -2.36. The van der Waals surface area contributed by atoms with E-state index in [9.17, 15) is 19.7 Å². The molecule has 8 nitrogen and oxygen atoms in total. The smallest absolute Gasteiger partial charge is 0.328 e. The monoisotopic (exact) mass is 364 g/mol. The van der Waals surface area contributed by atoms with Crippen molar-refractivity contribution in [1.82, 2.24) is 0 Å². The minimum absolute atomic E-state index is 0.180. The van der Waals surface area contributed by atoms with E-state index in [1.807, 2.05) is 13.8 Å². The van der Waals surface area contributed by atoms with Crippen LogP contribution in [0.4, 0.5) is 11.4 Å². The van der Waals surface area contributed by atoms with Crippen molar-refractivity contribution in [3.8, 4) is 5.75 Å². The molecular weight excluding hydrogens is 340 g/mol. The predicted molar refractivity (Wildman–Crippen MR) is 95.2 cm³/mol. The van der Waals surface area contributed by atoms with Crippen LogP contribution in [0.15, 0.2) is 18.2 Å². The number of anilines is 1. The second kappa shape index (κ2) is 8.16. The minimum atomic E-state index is -0.909. The second-order valence-electron chi connectivity index (χ2n) is 6.66. The molecule has 1 aliphatic rings. The summed E-state index contributed by atoms with van der Waals surface area (Å²) in [6.07, 6.45) is 0.394. The van der Waals surface area contributed by atoms with E-state index < -0.39 is 28.9 Å². The number of nitro groups is 1. The van der Waals surface area contributed by atoms with Crippen molar-refractivity contribution in [2.24, 2.45) is 5.92 Å². The molecule has 0 spiro atoms. The van der Waals surface area contributed by atoms with Crippen LogP contribution in [-0.2, 0) is 14.3 Å². The summed E-state index contributed by atoms with van der Waals surface area (Å²) in [5.74, 6) is -0.234. The summed E-state index contributed by atoms with van der Waals surface area (Å²) >= 11 is 0. The number of benzene rings is 1. The van der Waals surface area contributed by atoms with E-state index in [-0.39, 0.29) is 18.0 Å². The van der Waals surface area contributed by atoms with Crippen LogP contribution in [-0.4, -0.2) is 35.6 Å². The van der Waals surface area contributed by atoms with Crippen LogP contribution in [0.5, 0.6) is 5.75 Å². The Hall–Kier alpha value is -2.64. The first-order chi connectivity index (χ1) is 12.3. The number of carbonyl (C=O) groups is 2. The van der Waals surface area contributed by atoms with Gasteiger partial charge >= 0.3 is 5.97 Å². The molecule has 8 heteroatoms. The Bertz CT molecular complexity index is 703. The van der Waals surface area contributed by atoms with Crippen molar-refractivity contribution in [2.45, 2.75) is 52.7 Å². The van der Waals surface area contributed by atoms with E-state index in [4.69, 9.17) is 9.47 Å². The Labute approximate surface area is 152 Å². The first-order valence-corrected chi connectivity index (χ1v) is 8.71. The lowest BCUT2D eigenvalue weighted by Crippen LogP contribution is -2.52. The molecule has 0 radical (unpaired) electrons. The number of rotatable bonds is 7. The standard InChI is InChI=1S/C18H24N2O6/c1-5-15-17(21)19(12(4)18(22)25-9-8-11(2)3)14-10-13(20(23)24)6-7-16(14)26-15/h6-7,10-12,15H,5,8-9H2,1-4H3. The van der Waals surface area contributed by atoms with E-state index in [1.54, 1.807) is 13.8 Å². The van der Waals surface area contributed by atoms with Crippen LogP contribution in [0, 0.1) is 16.0 Å². The normalized spacial score (nSPS) is 17.5. The molecule has 1 aliphatic heterocycles. The van der Waals surface area contributed by atoms with Gasteiger partial charge in [-0.2, -0.15) is 0 Å². The first-order valence-electron chi connectivity index (χ1n) is 8.71. The molecule has 1 aromatic carbocycles. The molecule has 0 N–H and O–H groups in total. The first kappa shape index (κ1) is 19.7. The van der Waals surface area contributed by atoms with Crippen LogP contribution in [0.2, 0.25) is 0 Å². The van der Waals surface area contributed by atoms with E-state index in [1.165, 1.54) is 23.1 Å². The molecule has 2 atom stereocenters. The van der Waals surface area contributed by atoms with E-state index in [2.05, 4.69) is 0 Å². The van der Waals surface area contributed by atoms with Gasteiger partial charge in [0.25, 0.3) is 11.6 Å². The maximum Gasteiger partial charge on any atom is 0.328 e. The van der Waals surface area contributed by atoms with Gasteiger partial charge in [0, 0.05) is 12.1 Å². The number of fused-ring (bicyclic) bond motifs is 1. The van der Waals surface area contributed by atoms with Crippen LogP contribution in [0.1, 0.15) is 40.5 Å². The third-order valence-electron chi connectivity index (χ3n) is 4.23. The fraction of sp³-hybridized carbons (Fsp3) is 0.556. The zero-order chi connectivity index (χ0) is 19.4. The van der Waals surface area contributed by atoms with Gasteiger partial charge in [-0.25, -0.2) is 4.79 Å². The molecule has 26 heavy (non-hydrogen) atoms. The van der Waals surface area contributed by atoms with E-state index in [0.717, 1.165) is 6.42 Å². The summed E-state index contributed by atoms with van der Waals surface area (Å²) in [7, 11) is 0. The van der Waals surface area contributed by atoms with Gasteiger partial charge < -0.3 is 9.47 Å². The number of ether oxygens (including phenoxy) is 2. The number of amides is 1. The molecule has 0 aliphatic carbocycles. The zero-order valence-electron chi connectivity index (χ0n) is 15.4. The zero-order valence-corrected chi connectivity index (χ0v) is 15.4. The average molecular weight is 364 g/mol. The molecule has 1 aromatic rings. The maximum atomic E-state index is 12.8. The van der Waals surface area contributed by atoms with Crippen molar-refractivity contribution >= 4 is 23.3 Å². The van der Waals surface area contributed by atoms with Gasteiger partial charge in [-0.05, 0) is 31.7 Å². The molecule has 1 amide bonds. The Kier molecular flexibility index (Phi) is 6.18. The molecule has 0 saturated heterocycles. The highest BCUT2D eigenvalue weighted by molar-refractivity contribution is 6.04. The highest BCUT2D eigenvalue weighted by atomic mass is 16.6. The lowest BCUT2D eigenvalue weighted by molar-refractivity contribution is -0.384. The molecule has 0 fully saturated rings. The van der Waals surface area contributed by atoms with Gasteiger partial charge in [-0.15, -0.1) is 0 Å². The SMILES string of the molecule is CCC1Oc2ccc([N+](=O)[O-])cc2N(C(C)C(=O)OCCC(C)C)C1=O. The minimum Gasteiger partial charge on any atom is -0.478 e. The Morgan fingerprint density at radius 1 is 1.38 bits per heavy atom. The third-order valence-corrected chi connectivity index (χ3v) is 4.23. The summed E-state index contributed by atoms with van der Waals surface area (Å²) in [4.78, 5) is 36.9. The number of nitro benzene ring substituents is 1. The highest BCUT2D eigenvalue weighted by Gasteiger charge is 2.39. The summed E-state index contributed by atoms with van der Waals surface area (Å²) in [6.45, 7) is 7.64. The number of carbonyl (C=O) groups excluding carboxylic acids is 2. The van der Waals surface area contributed by atoms with Crippen molar-refractivity contribution in [3.63, 3.8) is 0 Å². The summed E-state index contributed by atoms with van der Waals surface area (Å²) in [5.41, 5.74) is 0.0303. The van der Waals surface area contributed by atoms with Crippen LogP contribution < -0.4 is 9.64 Å². The van der Waals surface area contributed by atoms with Crippen molar-refractivity contribution in [3.05, 3.63) is 28.3 Å². The van der Waals surface area contributed by atoms with Gasteiger partial charge in [-0.3, -0.25) is 19.8 Å². The van der Waals surface area contributed by atoms with E-state index >= 15 is 0 Å². The van der Waals surface area contributed by atoms with Gasteiger partial charge in [0.05, 0.1) is 17.2 Å². The highest BCUT2D eigenvalue weighted by Crippen LogP contribution is 2.38. The van der Waals surface area contributed by atoms with Crippen LogP contribution in [0.3, 0.4) is 0 Å². The van der Waals surface area contributed by atoms with Crippen molar-refractivity contribution in [1.29, 1.82) is 0 Å². The quantitative estimate of drug-likeness (QED) is 0.419. The Balaban J connectivity index is 2.32. The second-order valence-corrected chi connectivity index (χ2v) is 6.66. The topological polar surface area (TPSA) is 99.0 Å². The summed E-state index contributed by atoms with van der Waals surface area (Å²) in [6, 6.07) is 3.10. The largest absolute Gasteiger partial charge is 0.478 e. The van der Waals surface area contributed by atoms with Gasteiger partial charge in [-0.1, -0.05) is 20.8 Å². The average Bonchev–Trinajstić information content (AvgIpc) is 2.59. The number of hydrogen-bond donors (Lipinski definition) is 0. The van der Waals surface area contributed by atoms with Crippen LogP contribution >= 0.6 is 0 Å². The third kappa shape index (κ3) is 4.12. The Morgan fingerprint density at radius 3 is 2.65 bits per heavy atom. The predicted octanol–water partition coefficient (Wildman–Crippen LogP) is 3.08. The summed E-state index contributed by atoms with van der Waals surface area (Å²) < 4.78 is 10.9. The lowest BCUT2D eigenvalue weighted by atomic mass is 10.1. The van der Waals surface area contributed by atoms with E-state index in [0.29, 0.717) is 18.1 Å². The fourth-order valence-corrected chi connectivity index (χ4v) is 2.66. The molecule has 0 saturated carbocycles. The number of nitrogens with zero attached hydrogens (tertiary/aromatic N) is 2. The Morgan fingerprint density at radius 2 is 2.08 bits per heavy atom. The summed E-state index contributed by atoms with van der Waals surface area (Å²) in [5, 5.41) is 11.1. The van der Waals surface area contributed by atoms with Gasteiger partial charge in [0.2, 0.25) is 0 Å². The van der Waals surface area contributed by atoms with Gasteiger partial charge in [0.1, 0.15) is 11.8 Å². The van der Waals surface area contributed by atoms with Gasteiger partial charge in [0.15, 0.2) is 6.10 Å². The maximum absolute atomic E-state index is 12.8. The molecule has 142 valence electrons. The molecule has 0 aromatic heterocycles. The molecule has 0 bridgehead atoms. The fourth-order valence-electron chi connectivity index (χ4n) is 2.66. The number of esters is 1. The van der Waals surface area contributed by atoms with Crippen molar-refractivity contribution < 1.29 is 24.0 Å². The molecule has 2 rings (SSSR count). The molecular formula is C18H24N2O6. The van der Waals surface area contributed by atoms with Crippen LogP contribution in [0.25, 0.3) is 0 Å². The molecule has 2 unspecified atom stereocenters. The number of non-ortho nitro benzene ring substituents is 1. The number of hydrogen-bond acceptors (Lipinski definition) is 6.